The Hall–Kier alpha value is -1.19. The van der Waals surface area contributed by atoms with E-state index >= 15 is 0 Å². The first-order valence-electron chi connectivity index (χ1n) is 6.10. The fourth-order valence-corrected chi connectivity index (χ4v) is 2.44. The van der Waals surface area contributed by atoms with Gasteiger partial charge >= 0.3 is 0 Å². The van der Waals surface area contributed by atoms with E-state index in [1.165, 1.54) is 10.9 Å². The van der Waals surface area contributed by atoms with Gasteiger partial charge in [0.2, 0.25) is 0 Å². The Bertz CT molecular complexity index is 560. The summed E-state index contributed by atoms with van der Waals surface area (Å²) in [6, 6.07) is 4.17. The highest BCUT2D eigenvalue weighted by Crippen LogP contribution is 2.32. The molecule has 0 bridgehead atoms. The number of aromatic nitrogens is 1. The second-order valence-corrected chi connectivity index (χ2v) is 5.19. The molecule has 4 heteroatoms. The van der Waals surface area contributed by atoms with Crippen LogP contribution in [0.2, 0.25) is 5.02 Å². The van der Waals surface area contributed by atoms with Crippen molar-refractivity contribution in [3.8, 4) is 5.75 Å². The standard InChI is InChI=1S/C14H19ClN2O/c1-9(16)4-5-10-8-17(2)13-7-12(15)14(18-3)6-11(10)13/h6-9H,4-5,16H2,1-3H3. The molecule has 0 aliphatic heterocycles. The Morgan fingerprint density at radius 1 is 1.44 bits per heavy atom. The number of nitrogens with zero attached hydrogens (tertiary/aromatic N) is 1. The molecule has 2 aromatic rings. The molecule has 2 rings (SSSR count). The van der Waals surface area contributed by atoms with Gasteiger partial charge in [-0.25, -0.2) is 0 Å². The number of halogens is 1. The van der Waals surface area contributed by atoms with Crippen LogP contribution in [0, 0.1) is 0 Å². The fraction of sp³-hybridized carbons (Fsp3) is 0.429. The van der Waals surface area contributed by atoms with E-state index in [2.05, 4.69) is 10.8 Å². The van der Waals surface area contributed by atoms with E-state index in [1.54, 1.807) is 7.11 Å². The van der Waals surface area contributed by atoms with Crippen molar-refractivity contribution in [2.45, 2.75) is 25.8 Å². The monoisotopic (exact) mass is 266 g/mol. The van der Waals surface area contributed by atoms with E-state index in [4.69, 9.17) is 22.1 Å². The van der Waals surface area contributed by atoms with Crippen LogP contribution in [0.5, 0.6) is 5.75 Å². The van der Waals surface area contributed by atoms with Crippen LogP contribution in [0.25, 0.3) is 10.9 Å². The average molecular weight is 267 g/mol. The van der Waals surface area contributed by atoms with Crippen LogP contribution in [-0.2, 0) is 13.5 Å². The summed E-state index contributed by atoms with van der Waals surface area (Å²) >= 11 is 6.15. The molecular weight excluding hydrogens is 248 g/mol. The Kier molecular flexibility index (Phi) is 3.83. The first-order chi connectivity index (χ1) is 8.52. The molecule has 0 aliphatic carbocycles. The molecule has 0 saturated carbocycles. The highest BCUT2D eigenvalue weighted by molar-refractivity contribution is 6.32. The predicted molar refractivity (Wildman–Crippen MR) is 76.5 cm³/mol. The van der Waals surface area contributed by atoms with Crippen molar-refractivity contribution in [3.63, 3.8) is 0 Å². The summed E-state index contributed by atoms with van der Waals surface area (Å²) in [7, 11) is 3.66. The third-order valence-electron chi connectivity index (χ3n) is 3.21. The summed E-state index contributed by atoms with van der Waals surface area (Å²) < 4.78 is 7.37. The summed E-state index contributed by atoms with van der Waals surface area (Å²) in [4.78, 5) is 0. The molecule has 0 spiro atoms. The van der Waals surface area contributed by atoms with E-state index in [9.17, 15) is 0 Å². The van der Waals surface area contributed by atoms with Crippen LogP contribution in [-0.4, -0.2) is 17.7 Å². The normalized spacial score (nSPS) is 12.9. The quantitative estimate of drug-likeness (QED) is 0.924. The van der Waals surface area contributed by atoms with Crippen LogP contribution < -0.4 is 10.5 Å². The van der Waals surface area contributed by atoms with Crippen LogP contribution in [0.15, 0.2) is 18.3 Å². The first-order valence-corrected chi connectivity index (χ1v) is 6.47. The van der Waals surface area contributed by atoms with Crippen molar-refractivity contribution in [1.82, 2.24) is 4.57 Å². The van der Waals surface area contributed by atoms with Gasteiger partial charge in [0.05, 0.1) is 12.1 Å². The van der Waals surface area contributed by atoms with E-state index in [0.717, 1.165) is 24.1 Å². The Labute approximate surface area is 112 Å². The lowest BCUT2D eigenvalue weighted by Gasteiger charge is -2.06. The third kappa shape index (κ3) is 2.47. The SMILES string of the molecule is COc1cc2c(CCC(C)N)cn(C)c2cc1Cl. The maximum absolute atomic E-state index is 6.15. The summed E-state index contributed by atoms with van der Waals surface area (Å²) in [5.41, 5.74) is 8.24. The molecule has 2 N–H and O–H groups in total. The largest absolute Gasteiger partial charge is 0.495 e. The van der Waals surface area contributed by atoms with E-state index in [1.807, 2.05) is 26.1 Å². The van der Waals surface area contributed by atoms with E-state index < -0.39 is 0 Å². The molecule has 0 radical (unpaired) electrons. The lowest BCUT2D eigenvalue weighted by molar-refractivity contribution is 0.415. The van der Waals surface area contributed by atoms with Gasteiger partial charge in [0.25, 0.3) is 0 Å². The van der Waals surface area contributed by atoms with Crippen molar-refractivity contribution in [2.24, 2.45) is 12.8 Å². The molecule has 1 aromatic carbocycles. The molecule has 1 aromatic heterocycles. The topological polar surface area (TPSA) is 40.2 Å². The van der Waals surface area contributed by atoms with Gasteiger partial charge in [-0.15, -0.1) is 0 Å². The molecule has 18 heavy (non-hydrogen) atoms. The Morgan fingerprint density at radius 2 is 2.17 bits per heavy atom. The molecule has 0 aliphatic rings. The second-order valence-electron chi connectivity index (χ2n) is 4.79. The lowest BCUT2D eigenvalue weighted by Crippen LogP contribution is -2.15. The maximum Gasteiger partial charge on any atom is 0.138 e. The van der Waals surface area contributed by atoms with Crippen LogP contribution in [0.4, 0.5) is 0 Å². The number of nitrogens with two attached hydrogens (primary N) is 1. The smallest absolute Gasteiger partial charge is 0.138 e. The zero-order valence-corrected chi connectivity index (χ0v) is 11.8. The summed E-state index contributed by atoms with van der Waals surface area (Å²) in [6.07, 6.45) is 4.09. The van der Waals surface area contributed by atoms with Gasteiger partial charge < -0.3 is 15.0 Å². The fourth-order valence-electron chi connectivity index (χ4n) is 2.20. The highest BCUT2D eigenvalue weighted by Gasteiger charge is 2.11. The van der Waals surface area contributed by atoms with Crippen molar-refractivity contribution in [3.05, 3.63) is 28.9 Å². The molecule has 0 amide bonds. The highest BCUT2D eigenvalue weighted by atomic mass is 35.5. The minimum Gasteiger partial charge on any atom is -0.495 e. The zero-order valence-electron chi connectivity index (χ0n) is 11.0. The van der Waals surface area contributed by atoms with E-state index in [-0.39, 0.29) is 6.04 Å². The van der Waals surface area contributed by atoms with Crippen molar-refractivity contribution in [1.29, 1.82) is 0 Å². The van der Waals surface area contributed by atoms with Crippen LogP contribution >= 0.6 is 11.6 Å². The zero-order chi connectivity index (χ0) is 13.3. The molecular formula is C14H19ClN2O. The second kappa shape index (κ2) is 5.21. The summed E-state index contributed by atoms with van der Waals surface area (Å²) in [5.74, 6) is 0.720. The molecule has 0 saturated heterocycles. The van der Waals surface area contributed by atoms with Gasteiger partial charge in [0, 0.05) is 30.2 Å². The molecule has 1 heterocycles. The van der Waals surface area contributed by atoms with Gasteiger partial charge in [-0.2, -0.15) is 0 Å². The first kappa shape index (κ1) is 13.2. The maximum atomic E-state index is 6.15. The Morgan fingerprint density at radius 3 is 2.78 bits per heavy atom. The van der Waals surface area contributed by atoms with E-state index in [0.29, 0.717) is 5.02 Å². The van der Waals surface area contributed by atoms with Gasteiger partial charge in [-0.05, 0) is 37.5 Å². The average Bonchev–Trinajstić information content (AvgIpc) is 2.62. The molecule has 3 nitrogen and oxygen atoms in total. The number of ether oxygens (including phenoxy) is 1. The van der Waals surface area contributed by atoms with Crippen molar-refractivity contribution < 1.29 is 4.74 Å². The number of rotatable bonds is 4. The van der Waals surface area contributed by atoms with Crippen molar-refractivity contribution in [2.75, 3.05) is 7.11 Å². The number of hydrogen-bond donors (Lipinski definition) is 1. The molecule has 98 valence electrons. The predicted octanol–water partition coefficient (Wildman–Crippen LogP) is 3.12. The molecule has 1 atom stereocenters. The number of methoxy groups -OCH3 is 1. The number of aryl methyl sites for hydroxylation is 2. The minimum atomic E-state index is 0.217. The van der Waals surface area contributed by atoms with Gasteiger partial charge in [0.1, 0.15) is 5.75 Å². The van der Waals surface area contributed by atoms with Crippen molar-refractivity contribution >= 4 is 22.5 Å². The molecule has 0 fully saturated rings. The van der Waals surface area contributed by atoms with Crippen LogP contribution in [0.1, 0.15) is 18.9 Å². The van der Waals surface area contributed by atoms with Crippen LogP contribution in [0.3, 0.4) is 0 Å². The minimum absolute atomic E-state index is 0.217. The summed E-state index contributed by atoms with van der Waals surface area (Å²) in [5, 5.41) is 1.84. The van der Waals surface area contributed by atoms with Gasteiger partial charge in [0.15, 0.2) is 0 Å². The Balaban J connectivity index is 2.47. The third-order valence-corrected chi connectivity index (χ3v) is 3.51. The van der Waals surface area contributed by atoms with Gasteiger partial charge in [-0.3, -0.25) is 0 Å². The number of benzene rings is 1. The number of hydrogen-bond acceptors (Lipinski definition) is 2. The lowest BCUT2D eigenvalue weighted by atomic mass is 10.1. The number of fused-ring (bicyclic) bond motifs is 1. The molecule has 1 unspecified atom stereocenters. The summed E-state index contributed by atoms with van der Waals surface area (Å²) in [6.45, 7) is 2.03. The van der Waals surface area contributed by atoms with Gasteiger partial charge in [-0.1, -0.05) is 11.6 Å².